The van der Waals surface area contributed by atoms with Crippen molar-refractivity contribution in [3.05, 3.63) is 23.8 Å². The zero-order chi connectivity index (χ0) is 19.6. The Kier molecular flexibility index (Phi) is 6.28. The summed E-state index contributed by atoms with van der Waals surface area (Å²) in [6, 6.07) is 3.88. The number of carbonyl (C=O) groups excluding carboxylic acids is 2. The fourth-order valence-electron chi connectivity index (χ4n) is 2.51. The smallest absolute Gasteiger partial charge is 0.248 e. The van der Waals surface area contributed by atoms with E-state index in [1.807, 2.05) is 0 Å². The fraction of sp³-hybridized carbons (Fsp3) is 0.500. The molecule has 1 aliphatic heterocycles. The molecule has 1 aromatic rings. The van der Waals surface area contributed by atoms with E-state index in [1.165, 1.54) is 25.2 Å². The number of amides is 2. The highest BCUT2D eigenvalue weighted by molar-refractivity contribution is 7.89. The SMILES string of the molecule is Cc1ccc(NC(=O)[C@@H](C)N2NCC(Cl)CC2=O)cc1S(=O)(=O)N(C)C. The third-order valence-corrected chi connectivity index (χ3v) is 6.39. The molecule has 0 aromatic heterocycles. The Balaban J connectivity index is 2.18. The van der Waals surface area contributed by atoms with Crippen LogP contribution >= 0.6 is 11.6 Å². The lowest BCUT2D eigenvalue weighted by atomic mass is 10.2. The summed E-state index contributed by atoms with van der Waals surface area (Å²) >= 11 is 5.92. The van der Waals surface area contributed by atoms with Gasteiger partial charge in [0.25, 0.3) is 0 Å². The topological polar surface area (TPSA) is 98.8 Å². The van der Waals surface area contributed by atoms with Crippen molar-refractivity contribution >= 4 is 39.1 Å². The van der Waals surface area contributed by atoms with Crippen LogP contribution in [-0.4, -0.2) is 61.6 Å². The van der Waals surface area contributed by atoms with Crippen LogP contribution in [-0.2, 0) is 19.6 Å². The van der Waals surface area contributed by atoms with E-state index in [0.717, 1.165) is 4.31 Å². The number of alkyl halides is 1. The van der Waals surface area contributed by atoms with E-state index >= 15 is 0 Å². The second-order valence-corrected chi connectivity index (χ2v) is 9.10. The van der Waals surface area contributed by atoms with Gasteiger partial charge in [0.2, 0.25) is 21.8 Å². The van der Waals surface area contributed by atoms with Crippen LogP contribution in [0.2, 0.25) is 0 Å². The van der Waals surface area contributed by atoms with Crippen molar-refractivity contribution in [3.63, 3.8) is 0 Å². The van der Waals surface area contributed by atoms with Gasteiger partial charge in [-0.25, -0.2) is 18.1 Å². The lowest BCUT2D eigenvalue weighted by Gasteiger charge is -2.33. The molecule has 10 heteroatoms. The Morgan fingerprint density at radius 2 is 2.08 bits per heavy atom. The van der Waals surface area contributed by atoms with Crippen LogP contribution < -0.4 is 10.7 Å². The molecule has 0 aliphatic carbocycles. The van der Waals surface area contributed by atoms with E-state index in [-0.39, 0.29) is 22.6 Å². The van der Waals surface area contributed by atoms with Crippen LogP contribution in [0.4, 0.5) is 5.69 Å². The molecular formula is C16H23ClN4O4S. The predicted molar refractivity (Wildman–Crippen MR) is 99.3 cm³/mol. The number of sulfonamides is 1. The molecule has 1 aromatic carbocycles. The van der Waals surface area contributed by atoms with Crippen molar-refractivity contribution in [3.8, 4) is 0 Å². The van der Waals surface area contributed by atoms with Gasteiger partial charge in [-0.3, -0.25) is 14.6 Å². The number of hydrogen-bond donors (Lipinski definition) is 2. The molecule has 1 heterocycles. The van der Waals surface area contributed by atoms with E-state index in [1.54, 1.807) is 26.0 Å². The molecular weight excluding hydrogens is 380 g/mol. The van der Waals surface area contributed by atoms with Crippen LogP contribution in [0.1, 0.15) is 18.9 Å². The molecule has 0 bridgehead atoms. The lowest BCUT2D eigenvalue weighted by molar-refractivity contribution is -0.144. The van der Waals surface area contributed by atoms with Gasteiger partial charge in [-0.2, -0.15) is 0 Å². The van der Waals surface area contributed by atoms with Gasteiger partial charge in [-0.15, -0.1) is 11.6 Å². The minimum atomic E-state index is -3.63. The number of anilines is 1. The van der Waals surface area contributed by atoms with Crippen molar-refractivity contribution < 1.29 is 18.0 Å². The van der Waals surface area contributed by atoms with Crippen LogP contribution in [0.15, 0.2) is 23.1 Å². The zero-order valence-corrected chi connectivity index (χ0v) is 16.7. The average molecular weight is 403 g/mol. The highest BCUT2D eigenvalue weighted by atomic mass is 35.5. The summed E-state index contributed by atoms with van der Waals surface area (Å²) in [4.78, 5) is 24.6. The van der Waals surface area contributed by atoms with Gasteiger partial charge in [0.05, 0.1) is 10.3 Å². The first-order valence-corrected chi connectivity index (χ1v) is 9.95. The van der Waals surface area contributed by atoms with E-state index < -0.39 is 22.0 Å². The summed E-state index contributed by atoms with van der Waals surface area (Å²) in [5.41, 5.74) is 3.75. The van der Waals surface area contributed by atoms with E-state index in [2.05, 4.69) is 10.7 Å². The third-order valence-electron chi connectivity index (χ3n) is 4.13. The Labute approximate surface area is 158 Å². The number of aryl methyl sites for hydroxylation is 1. The molecule has 1 unspecified atom stereocenters. The summed E-state index contributed by atoms with van der Waals surface area (Å²) in [7, 11) is -0.742. The van der Waals surface area contributed by atoms with Crippen molar-refractivity contribution in [2.45, 2.75) is 36.6 Å². The Hall–Kier alpha value is -1.68. The molecule has 1 aliphatic rings. The first kappa shape index (κ1) is 20.6. The number of benzene rings is 1. The molecule has 2 amide bonds. The van der Waals surface area contributed by atoms with Crippen LogP contribution in [0.25, 0.3) is 0 Å². The normalized spacial score (nSPS) is 19.5. The molecule has 1 saturated heterocycles. The van der Waals surface area contributed by atoms with Crippen molar-refractivity contribution in [1.82, 2.24) is 14.7 Å². The minimum Gasteiger partial charge on any atom is -0.324 e. The number of nitrogens with zero attached hydrogens (tertiary/aromatic N) is 2. The van der Waals surface area contributed by atoms with Crippen molar-refractivity contribution in [2.24, 2.45) is 0 Å². The molecule has 0 saturated carbocycles. The largest absolute Gasteiger partial charge is 0.324 e. The van der Waals surface area contributed by atoms with Gasteiger partial charge in [-0.1, -0.05) is 6.07 Å². The molecule has 26 heavy (non-hydrogen) atoms. The molecule has 144 valence electrons. The van der Waals surface area contributed by atoms with Gasteiger partial charge in [-0.05, 0) is 31.5 Å². The summed E-state index contributed by atoms with van der Waals surface area (Å²) in [6.45, 7) is 3.66. The van der Waals surface area contributed by atoms with Gasteiger partial charge < -0.3 is 5.32 Å². The van der Waals surface area contributed by atoms with Gasteiger partial charge >= 0.3 is 0 Å². The standard InChI is InChI=1S/C16H23ClN4O4S/c1-10-5-6-13(8-14(10)26(24,25)20(3)4)19-16(23)11(2)21-15(22)7-12(17)9-18-21/h5-6,8,11-12,18H,7,9H2,1-4H3,(H,19,23)/t11-,12?/m1/s1. The second kappa shape index (κ2) is 7.91. The number of rotatable bonds is 5. The highest BCUT2D eigenvalue weighted by Crippen LogP contribution is 2.23. The van der Waals surface area contributed by atoms with Crippen LogP contribution in [0.3, 0.4) is 0 Å². The van der Waals surface area contributed by atoms with Crippen LogP contribution in [0.5, 0.6) is 0 Å². The monoisotopic (exact) mass is 402 g/mol. The fourth-order valence-corrected chi connectivity index (χ4v) is 3.86. The summed E-state index contributed by atoms with van der Waals surface area (Å²) in [6.07, 6.45) is 0.155. The minimum absolute atomic E-state index is 0.116. The molecule has 2 N–H and O–H groups in total. The number of nitrogens with one attached hydrogen (secondary N) is 2. The maximum atomic E-state index is 12.5. The third kappa shape index (κ3) is 4.35. The second-order valence-electron chi connectivity index (χ2n) is 6.36. The Bertz CT molecular complexity index is 812. The van der Waals surface area contributed by atoms with Crippen molar-refractivity contribution in [1.29, 1.82) is 0 Å². The number of hydrogen-bond acceptors (Lipinski definition) is 5. The Morgan fingerprint density at radius 3 is 2.65 bits per heavy atom. The molecule has 0 radical (unpaired) electrons. The number of carbonyl (C=O) groups is 2. The maximum Gasteiger partial charge on any atom is 0.248 e. The zero-order valence-electron chi connectivity index (χ0n) is 15.1. The quantitative estimate of drug-likeness (QED) is 0.713. The van der Waals surface area contributed by atoms with Gasteiger partial charge in [0.1, 0.15) is 6.04 Å². The van der Waals surface area contributed by atoms with Gasteiger partial charge in [0, 0.05) is 32.7 Å². The lowest BCUT2D eigenvalue weighted by Crippen LogP contribution is -2.58. The van der Waals surface area contributed by atoms with E-state index in [4.69, 9.17) is 11.6 Å². The van der Waals surface area contributed by atoms with Crippen molar-refractivity contribution in [2.75, 3.05) is 26.0 Å². The first-order chi connectivity index (χ1) is 12.0. The highest BCUT2D eigenvalue weighted by Gasteiger charge is 2.31. The summed E-state index contributed by atoms with van der Waals surface area (Å²) in [5, 5.41) is 3.61. The first-order valence-electron chi connectivity index (χ1n) is 8.07. The molecule has 1 fully saturated rings. The molecule has 2 atom stereocenters. The number of halogens is 1. The molecule has 8 nitrogen and oxygen atoms in total. The summed E-state index contributed by atoms with van der Waals surface area (Å²) < 4.78 is 25.9. The average Bonchev–Trinajstić information content (AvgIpc) is 2.55. The van der Waals surface area contributed by atoms with E-state index in [0.29, 0.717) is 17.8 Å². The molecule has 0 spiro atoms. The van der Waals surface area contributed by atoms with Gasteiger partial charge in [0.15, 0.2) is 0 Å². The Morgan fingerprint density at radius 1 is 1.42 bits per heavy atom. The summed E-state index contributed by atoms with van der Waals surface area (Å²) in [5.74, 6) is -0.699. The predicted octanol–water partition coefficient (Wildman–Crippen LogP) is 0.917. The van der Waals surface area contributed by atoms with E-state index in [9.17, 15) is 18.0 Å². The molecule has 2 rings (SSSR count). The van der Waals surface area contributed by atoms with Crippen LogP contribution in [0, 0.1) is 6.92 Å². The maximum absolute atomic E-state index is 12.5. The number of hydrazine groups is 1.